The largest absolute Gasteiger partial charge is 0.492 e. The number of primary amides is 1. The maximum absolute atomic E-state index is 11.1. The Labute approximate surface area is 112 Å². The van der Waals surface area contributed by atoms with Crippen LogP contribution in [0.2, 0.25) is 5.02 Å². The minimum Gasteiger partial charge on any atom is -0.492 e. The molecule has 0 aliphatic carbocycles. The van der Waals surface area contributed by atoms with Gasteiger partial charge in [-0.1, -0.05) is 11.6 Å². The minimum atomic E-state index is -0.498. The van der Waals surface area contributed by atoms with Gasteiger partial charge in [-0.2, -0.15) is 0 Å². The number of nitrogens with zero attached hydrogens (tertiary/aromatic N) is 1. The van der Waals surface area contributed by atoms with Crippen LogP contribution in [0.15, 0.2) is 18.2 Å². The van der Waals surface area contributed by atoms with Crippen LogP contribution >= 0.6 is 11.6 Å². The van der Waals surface area contributed by atoms with Gasteiger partial charge in [-0.15, -0.1) is 0 Å². The van der Waals surface area contributed by atoms with E-state index >= 15 is 0 Å². The molecule has 18 heavy (non-hydrogen) atoms. The van der Waals surface area contributed by atoms with Crippen LogP contribution in [0.1, 0.15) is 23.2 Å². The second kappa shape index (κ2) is 6.07. The number of ether oxygens (including phenoxy) is 1. The molecular formula is C13H17ClN2O2. The van der Waals surface area contributed by atoms with Gasteiger partial charge in [-0.3, -0.25) is 9.69 Å². The zero-order chi connectivity index (χ0) is 13.0. The highest BCUT2D eigenvalue weighted by atomic mass is 35.5. The molecule has 2 N–H and O–H groups in total. The van der Waals surface area contributed by atoms with Crippen molar-refractivity contribution in [3.63, 3.8) is 0 Å². The summed E-state index contributed by atoms with van der Waals surface area (Å²) in [4.78, 5) is 13.4. The fraction of sp³-hybridized carbons (Fsp3) is 0.462. The molecule has 0 radical (unpaired) electrons. The first-order valence-corrected chi connectivity index (χ1v) is 6.48. The average molecular weight is 269 g/mol. The molecule has 0 atom stereocenters. The molecular weight excluding hydrogens is 252 g/mol. The number of rotatable bonds is 5. The Kier molecular flexibility index (Phi) is 4.44. The third kappa shape index (κ3) is 3.62. The first kappa shape index (κ1) is 13.2. The van der Waals surface area contributed by atoms with Crippen molar-refractivity contribution in [3.05, 3.63) is 28.8 Å². The van der Waals surface area contributed by atoms with Crippen LogP contribution in [0.3, 0.4) is 0 Å². The summed E-state index contributed by atoms with van der Waals surface area (Å²) in [6.07, 6.45) is 2.53. The van der Waals surface area contributed by atoms with Crippen LogP contribution in [-0.4, -0.2) is 37.0 Å². The summed E-state index contributed by atoms with van der Waals surface area (Å²) in [7, 11) is 0. The molecule has 1 heterocycles. The molecule has 5 heteroatoms. The number of amides is 1. The third-order valence-corrected chi connectivity index (χ3v) is 3.25. The number of carbonyl (C=O) groups is 1. The first-order valence-electron chi connectivity index (χ1n) is 6.11. The lowest BCUT2D eigenvalue weighted by molar-refractivity contribution is 0.1000. The molecule has 1 saturated heterocycles. The Morgan fingerprint density at radius 2 is 2.06 bits per heavy atom. The van der Waals surface area contributed by atoms with Crippen molar-refractivity contribution in [3.8, 4) is 5.75 Å². The van der Waals surface area contributed by atoms with Crippen molar-refractivity contribution in [2.24, 2.45) is 5.73 Å². The molecule has 0 aromatic heterocycles. The number of benzene rings is 1. The highest BCUT2D eigenvalue weighted by Gasteiger charge is 2.11. The summed E-state index contributed by atoms with van der Waals surface area (Å²) in [6.45, 7) is 3.79. The van der Waals surface area contributed by atoms with E-state index < -0.39 is 5.91 Å². The molecule has 1 amide bonds. The van der Waals surface area contributed by atoms with Gasteiger partial charge in [-0.25, -0.2) is 0 Å². The zero-order valence-corrected chi connectivity index (χ0v) is 10.9. The van der Waals surface area contributed by atoms with Crippen molar-refractivity contribution in [1.29, 1.82) is 0 Å². The van der Waals surface area contributed by atoms with E-state index in [0.29, 0.717) is 22.9 Å². The van der Waals surface area contributed by atoms with E-state index in [1.807, 2.05) is 0 Å². The van der Waals surface area contributed by atoms with Crippen molar-refractivity contribution >= 4 is 17.5 Å². The Bertz CT molecular complexity index is 431. The highest BCUT2D eigenvalue weighted by Crippen LogP contribution is 2.21. The van der Waals surface area contributed by atoms with Gasteiger partial charge in [0, 0.05) is 17.1 Å². The van der Waals surface area contributed by atoms with Crippen molar-refractivity contribution in [2.45, 2.75) is 12.8 Å². The van der Waals surface area contributed by atoms with Crippen LogP contribution < -0.4 is 10.5 Å². The lowest BCUT2D eigenvalue weighted by Crippen LogP contribution is -2.25. The molecule has 1 fully saturated rings. The Hall–Kier alpha value is -1.26. The summed E-state index contributed by atoms with van der Waals surface area (Å²) in [6, 6.07) is 4.85. The van der Waals surface area contributed by atoms with Gasteiger partial charge in [0.2, 0.25) is 5.91 Å². The maximum Gasteiger partial charge on any atom is 0.248 e. The SMILES string of the molecule is NC(=O)c1cc(Cl)cc(OCCN2CCCC2)c1. The van der Waals surface area contributed by atoms with E-state index in [1.165, 1.54) is 18.9 Å². The topological polar surface area (TPSA) is 55.6 Å². The monoisotopic (exact) mass is 268 g/mol. The van der Waals surface area contributed by atoms with Gasteiger partial charge in [0.1, 0.15) is 12.4 Å². The van der Waals surface area contributed by atoms with Crippen LogP contribution in [0, 0.1) is 0 Å². The van der Waals surface area contributed by atoms with E-state index in [-0.39, 0.29) is 0 Å². The normalized spacial score (nSPS) is 15.8. The van der Waals surface area contributed by atoms with Crippen LogP contribution in [-0.2, 0) is 0 Å². The van der Waals surface area contributed by atoms with Crippen molar-refractivity contribution in [2.75, 3.05) is 26.2 Å². The Morgan fingerprint density at radius 1 is 1.33 bits per heavy atom. The number of halogens is 1. The van der Waals surface area contributed by atoms with E-state index in [2.05, 4.69) is 4.90 Å². The van der Waals surface area contributed by atoms with Gasteiger partial charge < -0.3 is 10.5 Å². The van der Waals surface area contributed by atoms with Gasteiger partial charge in [-0.05, 0) is 44.1 Å². The van der Waals surface area contributed by atoms with Gasteiger partial charge in [0.15, 0.2) is 0 Å². The standard InChI is InChI=1S/C13H17ClN2O2/c14-11-7-10(13(15)17)8-12(9-11)18-6-5-16-3-1-2-4-16/h7-9H,1-6H2,(H2,15,17). The van der Waals surface area contributed by atoms with Gasteiger partial charge in [0.05, 0.1) is 0 Å². The molecule has 0 spiro atoms. The molecule has 1 aliphatic rings. The second-order valence-electron chi connectivity index (χ2n) is 4.44. The molecule has 1 aromatic rings. The highest BCUT2D eigenvalue weighted by molar-refractivity contribution is 6.31. The molecule has 0 bridgehead atoms. The number of hydrogen-bond donors (Lipinski definition) is 1. The smallest absolute Gasteiger partial charge is 0.248 e. The maximum atomic E-state index is 11.1. The molecule has 4 nitrogen and oxygen atoms in total. The van der Waals surface area contributed by atoms with E-state index in [0.717, 1.165) is 19.6 Å². The Balaban J connectivity index is 1.89. The molecule has 2 rings (SSSR count). The number of hydrogen-bond acceptors (Lipinski definition) is 3. The van der Waals surface area contributed by atoms with Crippen LogP contribution in [0.5, 0.6) is 5.75 Å². The molecule has 0 unspecified atom stereocenters. The third-order valence-electron chi connectivity index (χ3n) is 3.03. The summed E-state index contributed by atoms with van der Waals surface area (Å²) in [5, 5.41) is 0.461. The Morgan fingerprint density at radius 3 is 2.72 bits per heavy atom. The fourth-order valence-electron chi connectivity index (χ4n) is 2.09. The zero-order valence-electron chi connectivity index (χ0n) is 10.2. The predicted molar refractivity (Wildman–Crippen MR) is 71.1 cm³/mol. The molecule has 1 aliphatic heterocycles. The quantitative estimate of drug-likeness (QED) is 0.888. The summed E-state index contributed by atoms with van der Waals surface area (Å²) >= 11 is 5.90. The van der Waals surface area contributed by atoms with Crippen LogP contribution in [0.25, 0.3) is 0 Å². The molecule has 98 valence electrons. The van der Waals surface area contributed by atoms with E-state index in [9.17, 15) is 4.79 Å². The average Bonchev–Trinajstić information content (AvgIpc) is 2.81. The van der Waals surface area contributed by atoms with Crippen molar-refractivity contribution < 1.29 is 9.53 Å². The lowest BCUT2D eigenvalue weighted by atomic mass is 10.2. The van der Waals surface area contributed by atoms with E-state index in [1.54, 1.807) is 12.1 Å². The number of nitrogens with two attached hydrogens (primary N) is 1. The summed E-state index contributed by atoms with van der Waals surface area (Å²) < 4.78 is 5.61. The predicted octanol–water partition coefficient (Wildman–Crippen LogP) is 1.91. The molecule has 0 saturated carbocycles. The van der Waals surface area contributed by atoms with Gasteiger partial charge >= 0.3 is 0 Å². The second-order valence-corrected chi connectivity index (χ2v) is 4.87. The summed E-state index contributed by atoms with van der Waals surface area (Å²) in [5.41, 5.74) is 5.59. The number of carbonyl (C=O) groups excluding carboxylic acids is 1. The fourth-order valence-corrected chi connectivity index (χ4v) is 2.31. The van der Waals surface area contributed by atoms with Crippen molar-refractivity contribution in [1.82, 2.24) is 4.90 Å². The van der Waals surface area contributed by atoms with E-state index in [4.69, 9.17) is 22.1 Å². The number of likely N-dealkylation sites (tertiary alicyclic amines) is 1. The minimum absolute atomic E-state index is 0.374. The van der Waals surface area contributed by atoms with Gasteiger partial charge in [0.25, 0.3) is 0 Å². The lowest BCUT2D eigenvalue weighted by Gasteiger charge is -2.15. The molecule has 1 aromatic carbocycles. The first-order chi connectivity index (χ1) is 8.65. The summed E-state index contributed by atoms with van der Waals surface area (Å²) in [5.74, 6) is 0.0948. The van der Waals surface area contributed by atoms with Crippen LogP contribution in [0.4, 0.5) is 0 Å².